The highest BCUT2D eigenvalue weighted by Gasteiger charge is 2.30. The van der Waals surface area contributed by atoms with Gasteiger partial charge in [0.1, 0.15) is 29.0 Å². The lowest BCUT2D eigenvalue weighted by atomic mass is 9.98. The van der Waals surface area contributed by atoms with Crippen molar-refractivity contribution < 1.29 is 74.4 Å². The van der Waals surface area contributed by atoms with Crippen molar-refractivity contribution in [2.24, 2.45) is 0 Å². The Labute approximate surface area is 546 Å². The second-order valence-electron chi connectivity index (χ2n) is 23.8. The molecule has 95 heavy (non-hydrogen) atoms. The van der Waals surface area contributed by atoms with Gasteiger partial charge in [-0.25, -0.2) is 28.9 Å². The van der Waals surface area contributed by atoms with Gasteiger partial charge in [-0.2, -0.15) is 10.2 Å². The number of carbonyl (C=O) groups excluding carboxylic acids is 3. The number of hydrogen-bond donors (Lipinski definition) is 13. The van der Waals surface area contributed by atoms with Gasteiger partial charge in [-0.3, -0.25) is 53.2 Å². The van der Waals surface area contributed by atoms with E-state index in [1.807, 2.05) is 27.7 Å². The number of aromatic amines is 2. The van der Waals surface area contributed by atoms with E-state index < -0.39 is 72.1 Å². The maximum Gasteiger partial charge on any atom is 0.348 e. The van der Waals surface area contributed by atoms with Crippen molar-refractivity contribution in [3.8, 4) is 57.1 Å². The number of phenols is 4. The Hall–Kier alpha value is -9.95. The number of carboxylic acid groups (broad SMARTS) is 4. The fraction of sp³-hybridized carbons (Fsp3) is 0.453. The fourth-order valence-electron chi connectivity index (χ4n) is 11.2. The number of rotatable bonds is 31. The summed E-state index contributed by atoms with van der Waals surface area (Å²) in [6, 6.07) is 16.7. The number of nitrogens with zero attached hydrogens (tertiary/aromatic N) is 9. The Kier molecular flexibility index (Phi) is 26.1. The van der Waals surface area contributed by atoms with Gasteiger partial charge in [0, 0.05) is 102 Å². The minimum atomic E-state index is -1.23. The number of aromatic hydroxyl groups is 4. The van der Waals surface area contributed by atoms with Gasteiger partial charge in [0.15, 0.2) is 11.6 Å². The van der Waals surface area contributed by atoms with Crippen molar-refractivity contribution in [1.29, 1.82) is 0 Å². The lowest BCUT2D eigenvalue weighted by molar-refractivity contribution is -0.145. The summed E-state index contributed by atoms with van der Waals surface area (Å²) in [4.78, 5) is 123. The molecule has 1 atom stereocenters. The molecule has 0 radical (unpaired) electrons. The molecule has 1 saturated heterocycles. The van der Waals surface area contributed by atoms with Crippen LogP contribution in [-0.4, -0.2) is 254 Å². The van der Waals surface area contributed by atoms with E-state index in [4.69, 9.17) is 0 Å². The number of hydrogen-bond acceptors (Lipinski definition) is 20. The smallest absolute Gasteiger partial charge is 0.348 e. The molecule has 13 N–H and O–H groups in total. The minimum Gasteiger partial charge on any atom is -0.508 e. The number of carbonyl (C=O) groups is 7. The first-order valence-corrected chi connectivity index (χ1v) is 31.3. The quantitative estimate of drug-likeness (QED) is 0.0278. The van der Waals surface area contributed by atoms with Gasteiger partial charge in [-0.1, -0.05) is 27.7 Å². The summed E-state index contributed by atoms with van der Waals surface area (Å²) in [6.45, 7) is 9.29. The summed E-state index contributed by atoms with van der Waals surface area (Å²) in [7, 11) is 0. The first kappa shape index (κ1) is 72.5. The zero-order chi connectivity index (χ0) is 69.0. The molecule has 7 rings (SSSR count). The molecule has 6 aromatic rings. The van der Waals surface area contributed by atoms with Gasteiger partial charge in [0.05, 0.1) is 42.1 Å². The third-order valence-corrected chi connectivity index (χ3v) is 16.3. The minimum absolute atomic E-state index is 0.0517. The van der Waals surface area contributed by atoms with Gasteiger partial charge in [0.2, 0.25) is 5.91 Å². The topological polar surface area (TPSA) is 435 Å². The maximum atomic E-state index is 13.5. The molecule has 1 aliphatic rings. The number of amides is 3. The van der Waals surface area contributed by atoms with Crippen LogP contribution in [0, 0.1) is 0 Å². The SMILES string of the molecule is CC(C)c1cc(-c2n[nH]c(=O)n2-c2ccc(C(=O)NCCCN(CCCNC(=O)CC[C@H](C(=O)O)N3CCN(CC(=O)O)CCN(CC(=O)O)CCN(CC(=O)O)CC3)CCCNC(=O)c3ccc(-n4c(-c5cc(C(C)C)c(O)cc5O)n[nH]c4=O)cc3)cc2)c(O)cc1O. The molecule has 31 heteroatoms. The van der Waals surface area contributed by atoms with Gasteiger partial charge in [-0.05, 0) is 129 Å². The van der Waals surface area contributed by atoms with Crippen molar-refractivity contribution >= 4 is 41.6 Å². The van der Waals surface area contributed by atoms with Crippen molar-refractivity contribution in [1.82, 2.24) is 70.0 Å². The normalized spacial score (nSPS) is 14.3. The zero-order valence-corrected chi connectivity index (χ0v) is 53.5. The zero-order valence-electron chi connectivity index (χ0n) is 53.5. The van der Waals surface area contributed by atoms with Gasteiger partial charge < -0.3 is 61.7 Å². The summed E-state index contributed by atoms with van der Waals surface area (Å²) in [5, 5.41) is 103. The Bertz CT molecular complexity index is 3560. The molecule has 0 spiro atoms. The Morgan fingerprint density at radius 1 is 0.505 bits per heavy atom. The summed E-state index contributed by atoms with van der Waals surface area (Å²) >= 11 is 0. The van der Waals surface area contributed by atoms with Crippen molar-refractivity contribution in [3.05, 3.63) is 116 Å². The fourth-order valence-corrected chi connectivity index (χ4v) is 11.2. The predicted octanol–water partition coefficient (Wildman–Crippen LogP) is 2.29. The van der Waals surface area contributed by atoms with Crippen LogP contribution in [0.25, 0.3) is 34.2 Å². The van der Waals surface area contributed by atoms with Crippen molar-refractivity contribution in [2.75, 3.05) is 111 Å². The number of aromatic nitrogens is 6. The van der Waals surface area contributed by atoms with E-state index in [0.717, 1.165) is 0 Å². The molecule has 1 fully saturated rings. The number of nitrogens with one attached hydrogen (secondary N) is 5. The molecule has 512 valence electrons. The number of aliphatic carboxylic acids is 4. The number of carboxylic acids is 4. The van der Waals surface area contributed by atoms with Crippen LogP contribution in [0.1, 0.15) is 103 Å². The van der Waals surface area contributed by atoms with Crippen molar-refractivity contribution in [2.45, 2.75) is 77.7 Å². The number of phenolic OH excluding ortho intramolecular Hbond substituents is 4. The van der Waals surface area contributed by atoms with Crippen LogP contribution in [0.3, 0.4) is 0 Å². The van der Waals surface area contributed by atoms with Crippen LogP contribution in [0.15, 0.2) is 82.4 Å². The second kappa shape index (κ2) is 34.3. The third kappa shape index (κ3) is 20.5. The molecule has 4 aromatic carbocycles. The van der Waals surface area contributed by atoms with E-state index in [2.05, 4.69) is 41.2 Å². The average Bonchev–Trinajstić information content (AvgIpc) is 1.72. The molecule has 0 bridgehead atoms. The highest BCUT2D eigenvalue weighted by Crippen LogP contribution is 2.39. The van der Waals surface area contributed by atoms with Crippen LogP contribution in [0.5, 0.6) is 23.0 Å². The molecule has 1 aliphatic heterocycles. The highest BCUT2D eigenvalue weighted by atomic mass is 16.4. The first-order chi connectivity index (χ1) is 45.3. The Morgan fingerprint density at radius 2 is 0.863 bits per heavy atom. The highest BCUT2D eigenvalue weighted by molar-refractivity contribution is 5.95. The summed E-state index contributed by atoms with van der Waals surface area (Å²) in [5.74, 6) is -6.66. The first-order valence-electron chi connectivity index (χ1n) is 31.3. The average molecular weight is 1320 g/mol. The number of H-pyrrole nitrogens is 2. The number of benzene rings is 4. The van der Waals surface area contributed by atoms with Crippen molar-refractivity contribution in [3.63, 3.8) is 0 Å². The molecule has 31 nitrogen and oxygen atoms in total. The lowest BCUT2D eigenvalue weighted by Gasteiger charge is -2.35. The second-order valence-corrected chi connectivity index (χ2v) is 23.8. The summed E-state index contributed by atoms with van der Waals surface area (Å²) < 4.78 is 2.48. The third-order valence-electron chi connectivity index (χ3n) is 16.3. The van der Waals surface area contributed by atoms with E-state index in [9.17, 15) is 84.0 Å². The largest absolute Gasteiger partial charge is 0.508 e. The van der Waals surface area contributed by atoms with Crippen LogP contribution in [0.2, 0.25) is 0 Å². The molecular weight excluding hydrogens is 1240 g/mol. The lowest BCUT2D eigenvalue weighted by Crippen LogP contribution is -2.52. The Balaban J connectivity index is 0.968. The van der Waals surface area contributed by atoms with Crippen LogP contribution >= 0.6 is 0 Å². The van der Waals surface area contributed by atoms with E-state index >= 15 is 0 Å². The molecule has 0 unspecified atom stereocenters. The van der Waals surface area contributed by atoms with E-state index in [0.29, 0.717) is 72.5 Å². The van der Waals surface area contributed by atoms with E-state index in [1.165, 1.54) is 45.5 Å². The molecule has 3 amide bonds. The standard InChI is InChI=1S/C64H84N14O17/c1-39(2)45-32-47(52(81)34-50(45)79)58-68-70-63(94)77(58)43-12-8-41(9-13-43)60(90)66-19-6-22-72(23-7-20-67-61(91)42-10-14-44(15-11-42)78-59(69-71-64(78)95)48-33-46(40(3)4)51(80)35-53(48)82)21-5-18-65-54(83)17-16-49(62(92)93)76-30-28-74(37-56(86)87)26-24-73(36-55(84)85)25-27-75(29-31-76)38-57(88)89/h8-15,32-35,39-40,49,79-82H,5-7,16-31,36-38H2,1-4H3,(H,65,83)(H,66,90)(H,67,91)(H,70,94)(H,71,95)(H,84,85)(H,86,87)(H,88,89)(H,92,93)/t49-/m1/s1. The maximum absolute atomic E-state index is 13.5. The van der Waals surface area contributed by atoms with Gasteiger partial charge >= 0.3 is 35.3 Å². The molecule has 0 aliphatic carbocycles. The van der Waals surface area contributed by atoms with Crippen LogP contribution in [0.4, 0.5) is 0 Å². The predicted molar refractivity (Wildman–Crippen MR) is 347 cm³/mol. The van der Waals surface area contributed by atoms with E-state index in [-0.39, 0.29) is 149 Å². The summed E-state index contributed by atoms with van der Waals surface area (Å²) in [5.41, 5.74) is 1.56. The molecular formula is C64H84N14O17. The monoisotopic (exact) mass is 1320 g/mol. The van der Waals surface area contributed by atoms with E-state index in [1.54, 1.807) is 56.0 Å². The summed E-state index contributed by atoms with van der Waals surface area (Å²) in [6.07, 6.45) is 1.07. The molecule has 2 aromatic heterocycles. The Morgan fingerprint density at radius 3 is 1.21 bits per heavy atom. The van der Waals surface area contributed by atoms with Crippen LogP contribution < -0.4 is 27.3 Å². The van der Waals surface area contributed by atoms with Gasteiger partial charge in [-0.15, -0.1) is 0 Å². The van der Waals surface area contributed by atoms with Gasteiger partial charge in [0.25, 0.3) is 11.8 Å². The molecule has 0 saturated carbocycles. The molecule has 3 heterocycles. The van der Waals surface area contributed by atoms with Crippen LogP contribution in [-0.2, 0) is 24.0 Å².